The number of fused-ring (bicyclic) bond motifs is 5. The molecule has 1 nitrogen and oxygen atoms in total. The van der Waals surface area contributed by atoms with E-state index >= 15 is 0 Å². The minimum Gasteiger partial charge on any atom is -0.310 e. The molecule has 0 bridgehead atoms. The van der Waals surface area contributed by atoms with Crippen molar-refractivity contribution in [3.8, 4) is 55.6 Å². The van der Waals surface area contributed by atoms with Crippen LogP contribution in [0.3, 0.4) is 0 Å². The van der Waals surface area contributed by atoms with Crippen molar-refractivity contribution in [2.75, 3.05) is 4.90 Å². The lowest BCUT2D eigenvalue weighted by Gasteiger charge is -2.27. The number of rotatable bonds is 8. The highest BCUT2D eigenvalue weighted by atomic mass is 32.1. The van der Waals surface area contributed by atoms with Crippen molar-refractivity contribution in [3.63, 3.8) is 0 Å². The van der Waals surface area contributed by atoms with E-state index in [-0.39, 0.29) is 0 Å². The van der Waals surface area contributed by atoms with Crippen LogP contribution >= 0.6 is 11.3 Å². The van der Waals surface area contributed by atoms with Crippen LogP contribution in [0.5, 0.6) is 0 Å². The number of hydrogen-bond donors (Lipinski definition) is 0. The zero-order chi connectivity index (χ0) is 42.4. The second kappa shape index (κ2) is 16.0. The molecule has 0 saturated carbocycles. The van der Waals surface area contributed by atoms with Crippen LogP contribution in [0, 0.1) is 0 Å². The molecule has 64 heavy (non-hydrogen) atoms. The van der Waals surface area contributed by atoms with Crippen molar-refractivity contribution in [1.82, 2.24) is 0 Å². The predicted octanol–water partition coefficient (Wildman–Crippen LogP) is 18.2. The van der Waals surface area contributed by atoms with Gasteiger partial charge in [-0.2, -0.15) is 0 Å². The Balaban J connectivity index is 0.951. The molecule has 0 aliphatic heterocycles. The quantitative estimate of drug-likeness (QED) is 0.147. The average molecular weight is 832 g/mol. The molecular weight excluding hydrogens is 791 g/mol. The molecule has 0 spiro atoms. The molecule has 12 rings (SSSR count). The van der Waals surface area contributed by atoms with Crippen LogP contribution in [-0.4, -0.2) is 0 Å². The van der Waals surface area contributed by atoms with Crippen LogP contribution < -0.4 is 4.90 Å². The van der Waals surface area contributed by atoms with E-state index in [4.69, 9.17) is 0 Å². The first-order chi connectivity index (χ1) is 31.7. The molecule has 0 aliphatic rings. The molecule has 2 heteroatoms. The van der Waals surface area contributed by atoms with E-state index in [1.54, 1.807) is 0 Å². The van der Waals surface area contributed by atoms with Gasteiger partial charge in [0.1, 0.15) is 0 Å². The zero-order valence-corrected chi connectivity index (χ0v) is 35.8. The minimum absolute atomic E-state index is 1.10. The first-order valence-electron chi connectivity index (χ1n) is 21.9. The fourth-order valence-corrected chi connectivity index (χ4v) is 11.0. The second-order valence-electron chi connectivity index (χ2n) is 16.4. The summed E-state index contributed by atoms with van der Waals surface area (Å²) >= 11 is 1.90. The summed E-state index contributed by atoms with van der Waals surface area (Å²) in [7, 11) is 0. The highest BCUT2D eigenvalue weighted by Crippen LogP contribution is 2.46. The molecule has 0 atom stereocenters. The highest BCUT2D eigenvalue weighted by molar-refractivity contribution is 7.26. The van der Waals surface area contributed by atoms with Gasteiger partial charge in [0, 0.05) is 36.9 Å². The zero-order valence-electron chi connectivity index (χ0n) is 35.0. The van der Waals surface area contributed by atoms with Crippen LogP contribution in [0.4, 0.5) is 17.1 Å². The Kier molecular flexibility index (Phi) is 9.43. The lowest BCUT2D eigenvalue weighted by Crippen LogP contribution is -2.10. The molecular formula is C62H41NS. The van der Waals surface area contributed by atoms with Crippen molar-refractivity contribution < 1.29 is 0 Å². The van der Waals surface area contributed by atoms with Gasteiger partial charge in [0.15, 0.2) is 0 Å². The second-order valence-corrected chi connectivity index (χ2v) is 17.4. The number of hydrogen-bond acceptors (Lipinski definition) is 2. The largest absolute Gasteiger partial charge is 0.310 e. The Labute approximate surface area is 377 Å². The third-order valence-corrected chi connectivity index (χ3v) is 14.0. The molecule has 0 aliphatic carbocycles. The monoisotopic (exact) mass is 831 g/mol. The normalized spacial score (nSPS) is 11.4. The molecule has 0 N–H and O–H groups in total. The van der Waals surface area contributed by atoms with Crippen molar-refractivity contribution in [1.29, 1.82) is 0 Å². The van der Waals surface area contributed by atoms with E-state index in [9.17, 15) is 0 Å². The summed E-state index contributed by atoms with van der Waals surface area (Å²) in [4.78, 5) is 2.40. The molecule has 0 fully saturated rings. The summed E-state index contributed by atoms with van der Waals surface area (Å²) in [5.41, 5.74) is 15.6. The standard InChI is InChI=1S/C62H41NS/c1-3-15-43(16-4-1)52-40-35-48(41-59(52)56-27-11-21-44-19-7-9-23-51(44)56)42-31-36-49(37-32-42)63(60-30-12-22-45-20-8-10-24-53(45)60)50-38-33-47(34-39-50)55-26-14-29-58-57-28-13-25-54(61(57)64-62(55)58)46-17-5-2-6-18-46/h1-41H. The number of anilines is 3. The summed E-state index contributed by atoms with van der Waals surface area (Å²) < 4.78 is 2.64. The molecule has 300 valence electrons. The van der Waals surface area contributed by atoms with Gasteiger partial charge < -0.3 is 4.90 Å². The van der Waals surface area contributed by atoms with E-state index in [1.165, 1.54) is 97.4 Å². The van der Waals surface area contributed by atoms with Crippen LogP contribution in [-0.2, 0) is 0 Å². The van der Waals surface area contributed by atoms with Gasteiger partial charge in [-0.15, -0.1) is 11.3 Å². The van der Waals surface area contributed by atoms with Gasteiger partial charge >= 0.3 is 0 Å². The van der Waals surface area contributed by atoms with Gasteiger partial charge in [0.25, 0.3) is 0 Å². The SMILES string of the molecule is c1ccc(-c2ccc(-c3ccc(N(c4ccc(-c5cccc6c5sc5c(-c7ccccc7)cccc56)cc4)c4cccc5ccccc45)cc3)cc2-c2cccc3ccccc23)cc1. The van der Waals surface area contributed by atoms with Crippen LogP contribution in [0.25, 0.3) is 97.4 Å². The summed E-state index contributed by atoms with van der Waals surface area (Å²) in [5, 5.41) is 7.52. The van der Waals surface area contributed by atoms with E-state index in [1.807, 2.05) is 11.3 Å². The molecule has 0 unspecified atom stereocenters. The van der Waals surface area contributed by atoms with E-state index in [0.29, 0.717) is 0 Å². The lowest BCUT2D eigenvalue weighted by atomic mass is 9.89. The fraction of sp³-hybridized carbons (Fsp3) is 0. The van der Waals surface area contributed by atoms with Crippen molar-refractivity contribution >= 4 is 70.1 Å². The summed E-state index contributed by atoms with van der Waals surface area (Å²) in [6.45, 7) is 0. The molecule has 0 saturated heterocycles. The predicted molar refractivity (Wildman–Crippen MR) is 276 cm³/mol. The van der Waals surface area contributed by atoms with Crippen LogP contribution in [0.1, 0.15) is 0 Å². The maximum Gasteiger partial charge on any atom is 0.0540 e. The molecule has 1 aromatic heterocycles. The maximum atomic E-state index is 2.40. The van der Waals surface area contributed by atoms with E-state index in [0.717, 1.165) is 17.1 Å². The van der Waals surface area contributed by atoms with Crippen molar-refractivity contribution in [3.05, 3.63) is 249 Å². The third kappa shape index (κ3) is 6.64. The Morgan fingerprint density at radius 2 is 0.688 bits per heavy atom. The smallest absolute Gasteiger partial charge is 0.0540 e. The van der Waals surface area contributed by atoms with Gasteiger partial charge in [0.2, 0.25) is 0 Å². The van der Waals surface area contributed by atoms with E-state index in [2.05, 4.69) is 254 Å². The molecule has 1 heterocycles. The first-order valence-corrected chi connectivity index (χ1v) is 22.7. The topological polar surface area (TPSA) is 3.24 Å². The average Bonchev–Trinajstić information content (AvgIpc) is 3.77. The Morgan fingerprint density at radius 1 is 0.250 bits per heavy atom. The van der Waals surface area contributed by atoms with E-state index < -0.39 is 0 Å². The minimum atomic E-state index is 1.10. The van der Waals surface area contributed by atoms with Crippen molar-refractivity contribution in [2.45, 2.75) is 0 Å². The fourth-order valence-electron chi connectivity index (χ4n) is 9.59. The number of benzene rings is 11. The van der Waals surface area contributed by atoms with Gasteiger partial charge in [-0.3, -0.25) is 0 Å². The Bertz CT molecular complexity index is 3630. The highest BCUT2D eigenvalue weighted by Gasteiger charge is 2.19. The van der Waals surface area contributed by atoms with Crippen LogP contribution in [0.2, 0.25) is 0 Å². The third-order valence-electron chi connectivity index (χ3n) is 12.7. The summed E-state index contributed by atoms with van der Waals surface area (Å²) in [6, 6.07) is 90.8. The maximum absolute atomic E-state index is 2.40. The Morgan fingerprint density at radius 3 is 1.33 bits per heavy atom. The summed E-state index contributed by atoms with van der Waals surface area (Å²) in [5.74, 6) is 0. The lowest BCUT2D eigenvalue weighted by molar-refractivity contribution is 1.30. The van der Waals surface area contributed by atoms with Gasteiger partial charge in [-0.25, -0.2) is 0 Å². The number of nitrogens with zero attached hydrogens (tertiary/aromatic N) is 1. The van der Waals surface area contributed by atoms with Gasteiger partial charge in [0.05, 0.1) is 5.69 Å². The molecule has 0 amide bonds. The Hall–Kier alpha value is -8.04. The van der Waals surface area contributed by atoms with Crippen LogP contribution in [0.15, 0.2) is 249 Å². The van der Waals surface area contributed by atoms with Gasteiger partial charge in [-0.1, -0.05) is 212 Å². The van der Waals surface area contributed by atoms with Gasteiger partial charge in [-0.05, 0) is 108 Å². The number of thiophene rings is 1. The van der Waals surface area contributed by atoms with Crippen molar-refractivity contribution in [2.24, 2.45) is 0 Å². The molecule has 11 aromatic carbocycles. The molecule has 12 aromatic rings. The summed E-state index contributed by atoms with van der Waals surface area (Å²) in [6.07, 6.45) is 0. The first kappa shape index (κ1) is 37.7. The molecule has 0 radical (unpaired) electrons.